The van der Waals surface area contributed by atoms with E-state index in [1.165, 1.54) is 5.39 Å². The van der Waals surface area contributed by atoms with Crippen LogP contribution in [0.25, 0.3) is 38.9 Å². The maximum Gasteiger partial charge on any atom is 0.142 e. The third kappa shape index (κ3) is 2.24. The first-order valence-electron chi connectivity index (χ1n) is 8.12. The third-order valence-corrected chi connectivity index (χ3v) is 4.71. The van der Waals surface area contributed by atoms with Gasteiger partial charge in [-0.05, 0) is 30.3 Å². The summed E-state index contributed by atoms with van der Waals surface area (Å²) in [6.45, 7) is 0. The fourth-order valence-electron chi connectivity index (χ4n) is 3.29. The van der Waals surface area contributed by atoms with Gasteiger partial charge in [-0.3, -0.25) is 0 Å². The number of hydrogen-bond donors (Lipinski definition) is 1. The summed E-state index contributed by atoms with van der Waals surface area (Å²) in [7, 11) is 0. The Morgan fingerprint density at radius 2 is 1.52 bits per heavy atom. The molecule has 0 aliphatic heterocycles. The molecule has 0 saturated heterocycles. The van der Waals surface area contributed by atoms with Crippen molar-refractivity contribution in [2.45, 2.75) is 0 Å². The fourth-order valence-corrected chi connectivity index (χ4v) is 3.42. The van der Waals surface area contributed by atoms with Crippen LogP contribution in [0.3, 0.4) is 0 Å². The lowest BCUT2D eigenvalue weighted by Gasteiger charge is -2.02. The lowest BCUT2D eigenvalue weighted by Crippen LogP contribution is -1.96. The van der Waals surface area contributed by atoms with E-state index >= 15 is 0 Å². The van der Waals surface area contributed by atoms with Crippen molar-refractivity contribution >= 4 is 33.5 Å². The summed E-state index contributed by atoms with van der Waals surface area (Å²) in [5.74, 6) is 0. The van der Waals surface area contributed by atoms with Crippen molar-refractivity contribution in [3.8, 4) is 16.9 Å². The maximum absolute atomic E-state index is 6.06. The smallest absolute Gasteiger partial charge is 0.142 e. The van der Waals surface area contributed by atoms with Gasteiger partial charge in [0.1, 0.15) is 11.3 Å². The summed E-state index contributed by atoms with van der Waals surface area (Å²) in [4.78, 5) is 3.52. The highest BCUT2D eigenvalue weighted by Gasteiger charge is 2.18. The third-order valence-electron chi connectivity index (χ3n) is 4.45. The Balaban J connectivity index is 1.89. The van der Waals surface area contributed by atoms with E-state index in [2.05, 4.69) is 35.3 Å². The van der Waals surface area contributed by atoms with Crippen LogP contribution < -0.4 is 0 Å². The van der Waals surface area contributed by atoms with Gasteiger partial charge in [0.15, 0.2) is 0 Å². The topological polar surface area (TPSA) is 33.6 Å². The Kier molecular flexibility index (Phi) is 3.15. The van der Waals surface area contributed by atoms with Crippen molar-refractivity contribution in [3.05, 3.63) is 83.9 Å². The van der Waals surface area contributed by atoms with Gasteiger partial charge in [-0.25, -0.2) is 4.68 Å². The number of aromatic amines is 1. The summed E-state index contributed by atoms with van der Waals surface area (Å²) >= 11 is 6.06. The van der Waals surface area contributed by atoms with Crippen molar-refractivity contribution in [2.75, 3.05) is 0 Å². The van der Waals surface area contributed by atoms with Crippen LogP contribution in [-0.4, -0.2) is 14.8 Å². The second-order valence-electron chi connectivity index (χ2n) is 6.00. The molecule has 0 aliphatic carbocycles. The minimum absolute atomic E-state index is 0.724. The number of benzene rings is 3. The van der Waals surface area contributed by atoms with Crippen LogP contribution in [0.15, 0.2) is 78.9 Å². The van der Waals surface area contributed by atoms with E-state index in [1.807, 2.05) is 53.2 Å². The molecule has 3 nitrogen and oxygen atoms in total. The van der Waals surface area contributed by atoms with E-state index in [4.69, 9.17) is 16.7 Å². The monoisotopic (exact) mass is 343 g/mol. The average molecular weight is 344 g/mol. The zero-order valence-corrected chi connectivity index (χ0v) is 14.0. The number of fused-ring (bicyclic) bond motifs is 3. The first-order chi connectivity index (χ1) is 12.3. The predicted molar refractivity (Wildman–Crippen MR) is 103 cm³/mol. The fraction of sp³-hybridized carbons (Fsp3) is 0. The lowest BCUT2D eigenvalue weighted by molar-refractivity contribution is 0.903. The van der Waals surface area contributed by atoms with Crippen LogP contribution in [0, 0.1) is 0 Å². The lowest BCUT2D eigenvalue weighted by atomic mass is 10.1. The molecule has 0 amide bonds. The molecule has 0 saturated carbocycles. The molecule has 1 N–H and O–H groups in total. The first kappa shape index (κ1) is 14.3. The quantitative estimate of drug-likeness (QED) is 0.430. The Hall–Kier alpha value is -3.04. The van der Waals surface area contributed by atoms with E-state index in [9.17, 15) is 0 Å². The van der Waals surface area contributed by atoms with Crippen LogP contribution in [0.4, 0.5) is 0 Å². The van der Waals surface area contributed by atoms with Gasteiger partial charge in [0, 0.05) is 21.5 Å². The summed E-state index contributed by atoms with van der Waals surface area (Å²) in [5.41, 5.74) is 5.13. The molecule has 5 aromatic rings. The number of nitrogens with zero attached hydrogens (tertiary/aromatic N) is 2. The SMILES string of the molecule is Clc1ccc(-c2nn(-c3ccccc3)c3[nH]c4ccccc4c23)cc1. The predicted octanol–water partition coefficient (Wildman–Crippen LogP) is 5.83. The van der Waals surface area contributed by atoms with E-state index in [0.29, 0.717) is 0 Å². The highest BCUT2D eigenvalue weighted by molar-refractivity contribution is 6.30. The van der Waals surface area contributed by atoms with Crippen molar-refractivity contribution in [2.24, 2.45) is 0 Å². The molecule has 0 fully saturated rings. The minimum Gasteiger partial charge on any atom is -0.339 e. The Morgan fingerprint density at radius 1 is 0.800 bits per heavy atom. The number of hydrogen-bond acceptors (Lipinski definition) is 1. The molecular weight excluding hydrogens is 330 g/mol. The highest BCUT2D eigenvalue weighted by Crippen LogP contribution is 2.35. The summed E-state index contributed by atoms with van der Waals surface area (Å²) in [5, 5.41) is 7.93. The van der Waals surface area contributed by atoms with E-state index in [-0.39, 0.29) is 0 Å². The number of rotatable bonds is 2. The molecule has 2 heterocycles. The van der Waals surface area contributed by atoms with Crippen LogP contribution in [0.2, 0.25) is 5.02 Å². The first-order valence-corrected chi connectivity index (χ1v) is 8.50. The van der Waals surface area contributed by atoms with E-state index in [1.54, 1.807) is 0 Å². The Bertz CT molecular complexity index is 1180. The van der Waals surface area contributed by atoms with Gasteiger partial charge in [-0.1, -0.05) is 60.1 Å². The average Bonchev–Trinajstić information content (AvgIpc) is 3.20. The molecule has 2 aromatic heterocycles. The standard InChI is InChI=1S/C21H14ClN3/c22-15-12-10-14(11-13-15)20-19-17-8-4-5-9-18(17)23-21(19)25(24-20)16-6-2-1-3-7-16/h1-13,23H. The zero-order chi connectivity index (χ0) is 16.8. The van der Waals surface area contributed by atoms with E-state index < -0.39 is 0 Å². The molecule has 0 unspecified atom stereocenters. The number of para-hydroxylation sites is 2. The van der Waals surface area contributed by atoms with Crippen LogP contribution in [0.1, 0.15) is 0 Å². The summed E-state index contributed by atoms with van der Waals surface area (Å²) in [6, 6.07) is 26.3. The minimum atomic E-state index is 0.724. The van der Waals surface area contributed by atoms with Crippen molar-refractivity contribution in [1.29, 1.82) is 0 Å². The molecule has 3 aromatic carbocycles. The molecule has 0 aliphatic rings. The molecular formula is C21H14ClN3. The van der Waals surface area contributed by atoms with Gasteiger partial charge >= 0.3 is 0 Å². The molecule has 5 rings (SSSR count). The largest absolute Gasteiger partial charge is 0.339 e. The highest BCUT2D eigenvalue weighted by atomic mass is 35.5. The molecule has 0 spiro atoms. The maximum atomic E-state index is 6.06. The summed E-state index contributed by atoms with van der Waals surface area (Å²) in [6.07, 6.45) is 0. The number of aromatic nitrogens is 3. The normalized spacial score (nSPS) is 11.4. The van der Waals surface area contributed by atoms with Crippen LogP contribution >= 0.6 is 11.6 Å². The second-order valence-corrected chi connectivity index (χ2v) is 6.43. The molecule has 120 valence electrons. The van der Waals surface area contributed by atoms with Crippen LogP contribution in [0.5, 0.6) is 0 Å². The molecule has 0 bridgehead atoms. The van der Waals surface area contributed by atoms with Gasteiger partial charge < -0.3 is 4.98 Å². The molecule has 0 atom stereocenters. The summed E-state index contributed by atoms with van der Waals surface area (Å²) < 4.78 is 1.97. The van der Waals surface area contributed by atoms with Gasteiger partial charge in [-0.15, -0.1) is 0 Å². The second kappa shape index (κ2) is 5.50. The van der Waals surface area contributed by atoms with Gasteiger partial charge in [-0.2, -0.15) is 5.10 Å². The molecule has 4 heteroatoms. The number of halogens is 1. The molecule has 0 radical (unpaired) electrons. The Morgan fingerprint density at radius 3 is 2.32 bits per heavy atom. The molecule has 25 heavy (non-hydrogen) atoms. The van der Waals surface area contributed by atoms with Crippen molar-refractivity contribution < 1.29 is 0 Å². The van der Waals surface area contributed by atoms with Crippen molar-refractivity contribution in [1.82, 2.24) is 14.8 Å². The van der Waals surface area contributed by atoms with Gasteiger partial charge in [0.25, 0.3) is 0 Å². The zero-order valence-electron chi connectivity index (χ0n) is 13.3. The number of H-pyrrole nitrogens is 1. The van der Waals surface area contributed by atoms with Gasteiger partial charge in [0.2, 0.25) is 0 Å². The number of nitrogens with one attached hydrogen (secondary N) is 1. The van der Waals surface area contributed by atoms with E-state index in [0.717, 1.165) is 38.5 Å². The van der Waals surface area contributed by atoms with Crippen LogP contribution in [-0.2, 0) is 0 Å². The Labute approximate surface area is 149 Å². The van der Waals surface area contributed by atoms with Gasteiger partial charge in [0.05, 0.1) is 11.1 Å². The van der Waals surface area contributed by atoms with Crippen molar-refractivity contribution in [3.63, 3.8) is 0 Å².